The second-order valence-corrected chi connectivity index (χ2v) is 4.46. The van der Waals surface area contributed by atoms with Crippen LogP contribution < -0.4 is 10.6 Å². The van der Waals surface area contributed by atoms with Crippen molar-refractivity contribution in [3.63, 3.8) is 0 Å². The molecular weight excluding hydrogens is 230 g/mol. The van der Waals surface area contributed by atoms with Gasteiger partial charge in [-0.1, -0.05) is 13.8 Å². The van der Waals surface area contributed by atoms with Crippen molar-refractivity contribution in [2.24, 2.45) is 5.92 Å². The Morgan fingerprint density at radius 3 is 2.78 bits per heavy atom. The summed E-state index contributed by atoms with van der Waals surface area (Å²) in [6, 6.07) is 3.55. The summed E-state index contributed by atoms with van der Waals surface area (Å²) in [4.78, 5) is 15.9. The molecule has 18 heavy (non-hydrogen) atoms. The molecule has 0 saturated carbocycles. The summed E-state index contributed by atoms with van der Waals surface area (Å²) in [6.45, 7) is 6.11. The number of hydrogen-bond acceptors (Lipinski definition) is 4. The highest BCUT2D eigenvalue weighted by Gasteiger charge is 2.06. The number of carbonyl (C=O) groups excluding carboxylic acids is 1. The topological polar surface area (TPSA) is 63.2 Å². The highest BCUT2D eigenvalue weighted by atomic mass is 16.5. The molecule has 0 atom stereocenters. The zero-order valence-corrected chi connectivity index (χ0v) is 11.2. The summed E-state index contributed by atoms with van der Waals surface area (Å²) in [5.41, 5.74) is 0.577. The maximum atomic E-state index is 11.7. The van der Waals surface area contributed by atoms with Crippen LogP contribution in [0.1, 0.15) is 24.2 Å². The molecule has 1 rings (SSSR count). The lowest BCUT2D eigenvalue weighted by atomic mass is 10.2. The van der Waals surface area contributed by atoms with Gasteiger partial charge in [-0.3, -0.25) is 4.79 Å². The van der Waals surface area contributed by atoms with E-state index in [0.717, 1.165) is 5.82 Å². The third-order valence-electron chi connectivity index (χ3n) is 2.31. The Morgan fingerprint density at radius 1 is 1.44 bits per heavy atom. The Balaban J connectivity index is 2.46. The number of rotatable bonds is 7. The number of anilines is 1. The number of pyridine rings is 1. The van der Waals surface area contributed by atoms with E-state index in [1.807, 2.05) is 0 Å². The Labute approximate surface area is 108 Å². The van der Waals surface area contributed by atoms with E-state index < -0.39 is 0 Å². The lowest BCUT2D eigenvalue weighted by Gasteiger charge is -2.08. The minimum atomic E-state index is -0.0837. The first kappa shape index (κ1) is 14.4. The molecule has 0 aliphatic heterocycles. The zero-order chi connectivity index (χ0) is 13.4. The van der Waals surface area contributed by atoms with Crippen molar-refractivity contribution in [3.05, 3.63) is 23.9 Å². The summed E-state index contributed by atoms with van der Waals surface area (Å²) in [7, 11) is 1.65. The standard InChI is InChI=1S/C13H21N3O2/c1-10(2)8-16-13(17)11-4-5-12(15-9-11)14-6-7-18-3/h4-5,9-10H,6-8H2,1-3H3,(H,14,15)(H,16,17). The number of carbonyl (C=O) groups is 1. The molecule has 5 heteroatoms. The number of methoxy groups -OCH3 is 1. The molecule has 0 aromatic carbocycles. The van der Waals surface area contributed by atoms with Crippen LogP contribution >= 0.6 is 0 Å². The average Bonchev–Trinajstić information content (AvgIpc) is 2.37. The average molecular weight is 251 g/mol. The van der Waals surface area contributed by atoms with Gasteiger partial charge in [0.1, 0.15) is 5.82 Å². The van der Waals surface area contributed by atoms with Crippen molar-refractivity contribution in [2.75, 3.05) is 32.1 Å². The van der Waals surface area contributed by atoms with Crippen molar-refractivity contribution in [2.45, 2.75) is 13.8 Å². The van der Waals surface area contributed by atoms with E-state index in [0.29, 0.717) is 31.2 Å². The molecular formula is C13H21N3O2. The lowest BCUT2D eigenvalue weighted by molar-refractivity contribution is 0.0948. The van der Waals surface area contributed by atoms with E-state index in [4.69, 9.17) is 4.74 Å². The molecule has 1 heterocycles. The molecule has 0 aliphatic rings. The Morgan fingerprint density at radius 2 is 2.22 bits per heavy atom. The van der Waals surface area contributed by atoms with E-state index in [2.05, 4.69) is 29.5 Å². The highest BCUT2D eigenvalue weighted by molar-refractivity contribution is 5.94. The maximum Gasteiger partial charge on any atom is 0.252 e. The summed E-state index contributed by atoms with van der Waals surface area (Å²) in [5.74, 6) is 1.10. The van der Waals surface area contributed by atoms with Gasteiger partial charge in [-0.2, -0.15) is 0 Å². The Hall–Kier alpha value is -1.62. The van der Waals surface area contributed by atoms with E-state index in [1.165, 1.54) is 0 Å². The summed E-state index contributed by atoms with van der Waals surface area (Å²) >= 11 is 0. The van der Waals surface area contributed by atoms with Crippen molar-refractivity contribution in [3.8, 4) is 0 Å². The predicted molar refractivity (Wildman–Crippen MR) is 71.8 cm³/mol. The second-order valence-electron chi connectivity index (χ2n) is 4.46. The third kappa shape index (κ3) is 5.14. The van der Waals surface area contributed by atoms with Crippen molar-refractivity contribution in [1.29, 1.82) is 0 Å². The molecule has 0 unspecified atom stereocenters. The molecule has 1 aromatic rings. The van der Waals surface area contributed by atoms with Crippen LogP contribution in [-0.2, 0) is 4.74 Å². The Bertz CT molecular complexity index is 363. The van der Waals surface area contributed by atoms with Crippen LogP contribution in [0.3, 0.4) is 0 Å². The van der Waals surface area contributed by atoms with Gasteiger partial charge in [-0.05, 0) is 18.1 Å². The van der Waals surface area contributed by atoms with Gasteiger partial charge in [-0.15, -0.1) is 0 Å². The summed E-state index contributed by atoms with van der Waals surface area (Å²) < 4.78 is 4.93. The molecule has 0 fully saturated rings. The first-order valence-electron chi connectivity index (χ1n) is 6.10. The number of hydrogen-bond donors (Lipinski definition) is 2. The smallest absolute Gasteiger partial charge is 0.252 e. The molecule has 0 spiro atoms. The second kappa shape index (κ2) is 7.66. The minimum absolute atomic E-state index is 0.0837. The van der Waals surface area contributed by atoms with Crippen LogP contribution in [0.4, 0.5) is 5.82 Å². The molecule has 1 aromatic heterocycles. The van der Waals surface area contributed by atoms with Crippen LogP contribution in [0.5, 0.6) is 0 Å². The monoisotopic (exact) mass is 251 g/mol. The van der Waals surface area contributed by atoms with Crippen molar-refractivity contribution in [1.82, 2.24) is 10.3 Å². The van der Waals surface area contributed by atoms with E-state index in [1.54, 1.807) is 25.4 Å². The van der Waals surface area contributed by atoms with Gasteiger partial charge in [0, 0.05) is 26.4 Å². The fraction of sp³-hybridized carbons (Fsp3) is 0.538. The molecule has 100 valence electrons. The number of aromatic nitrogens is 1. The van der Waals surface area contributed by atoms with E-state index in [-0.39, 0.29) is 5.91 Å². The SMILES string of the molecule is COCCNc1ccc(C(=O)NCC(C)C)cn1. The predicted octanol–water partition coefficient (Wildman–Crippen LogP) is 1.53. The first-order valence-corrected chi connectivity index (χ1v) is 6.10. The van der Waals surface area contributed by atoms with E-state index >= 15 is 0 Å². The van der Waals surface area contributed by atoms with Crippen molar-refractivity contribution < 1.29 is 9.53 Å². The van der Waals surface area contributed by atoms with Crippen LogP contribution in [-0.4, -0.2) is 37.7 Å². The van der Waals surface area contributed by atoms with Gasteiger partial charge in [0.05, 0.1) is 12.2 Å². The van der Waals surface area contributed by atoms with Crippen LogP contribution in [0.25, 0.3) is 0 Å². The number of nitrogens with zero attached hydrogens (tertiary/aromatic N) is 1. The highest BCUT2D eigenvalue weighted by Crippen LogP contribution is 2.04. The van der Waals surface area contributed by atoms with Gasteiger partial charge in [-0.25, -0.2) is 4.98 Å². The quantitative estimate of drug-likeness (QED) is 0.721. The molecule has 2 N–H and O–H groups in total. The molecule has 0 radical (unpaired) electrons. The van der Waals surface area contributed by atoms with Crippen LogP contribution in [0, 0.1) is 5.92 Å². The summed E-state index contributed by atoms with van der Waals surface area (Å²) in [6.07, 6.45) is 1.57. The maximum absolute atomic E-state index is 11.7. The largest absolute Gasteiger partial charge is 0.383 e. The van der Waals surface area contributed by atoms with Gasteiger partial charge < -0.3 is 15.4 Å². The van der Waals surface area contributed by atoms with Gasteiger partial charge in [0.15, 0.2) is 0 Å². The van der Waals surface area contributed by atoms with Crippen LogP contribution in [0.15, 0.2) is 18.3 Å². The zero-order valence-electron chi connectivity index (χ0n) is 11.2. The fourth-order valence-electron chi connectivity index (χ4n) is 1.31. The number of nitrogens with one attached hydrogen (secondary N) is 2. The fourth-order valence-corrected chi connectivity index (χ4v) is 1.31. The minimum Gasteiger partial charge on any atom is -0.383 e. The lowest BCUT2D eigenvalue weighted by Crippen LogP contribution is -2.27. The van der Waals surface area contributed by atoms with Crippen molar-refractivity contribution >= 4 is 11.7 Å². The third-order valence-corrected chi connectivity index (χ3v) is 2.31. The molecule has 0 bridgehead atoms. The molecule has 0 saturated heterocycles. The van der Waals surface area contributed by atoms with Gasteiger partial charge in [0.2, 0.25) is 0 Å². The summed E-state index contributed by atoms with van der Waals surface area (Å²) in [5, 5.41) is 5.94. The molecule has 0 aliphatic carbocycles. The molecule has 1 amide bonds. The number of ether oxygens (including phenoxy) is 1. The van der Waals surface area contributed by atoms with Gasteiger partial charge in [0.25, 0.3) is 5.91 Å². The van der Waals surface area contributed by atoms with Crippen LogP contribution in [0.2, 0.25) is 0 Å². The van der Waals surface area contributed by atoms with Gasteiger partial charge >= 0.3 is 0 Å². The molecule has 5 nitrogen and oxygen atoms in total. The Kier molecular flexibility index (Phi) is 6.14. The normalized spacial score (nSPS) is 10.4. The van der Waals surface area contributed by atoms with E-state index in [9.17, 15) is 4.79 Å². The first-order chi connectivity index (χ1) is 8.63. The number of amides is 1.